The Bertz CT molecular complexity index is 996. The summed E-state index contributed by atoms with van der Waals surface area (Å²) in [5.41, 5.74) is 0.934. The molecule has 0 aliphatic heterocycles. The van der Waals surface area contributed by atoms with Gasteiger partial charge in [0.05, 0.1) is 13.2 Å². The highest BCUT2D eigenvalue weighted by atomic mass is 16.6. The van der Waals surface area contributed by atoms with Crippen LogP contribution in [-0.4, -0.2) is 33.9 Å². The second-order valence-corrected chi connectivity index (χ2v) is 6.20. The van der Waals surface area contributed by atoms with Gasteiger partial charge in [-0.3, -0.25) is 19.8 Å². The lowest BCUT2D eigenvalue weighted by atomic mass is 10.1. The first-order valence-electron chi connectivity index (χ1n) is 8.94. The van der Waals surface area contributed by atoms with E-state index in [2.05, 4.69) is 4.98 Å². The average Bonchev–Trinajstić information content (AvgIpc) is 2.63. The second-order valence-electron chi connectivity index (χ2n) is 6.20. The van der Waals surface area contributed by atoms with Crippen molar-refractivity contribution < 1.29 is 28.6 Å². The van der Waals surface area contributed by atoms with Gasteiger partial charge >= 0.3 is 11.9 Å². The third-order valence-electron chi connectivity index (χ3n) is 3.85. The number of nitrogens with one attached hydrogen (secondary N) is 1. The molecule has 0 amide bonds. The van der Waals surface area contributed by atoms with Crippen molar-refractivity contribution in [2.75, 3.05) is 6.61 Å². The minimum absolute atomic E-state index is 0.0167. The van der Waals surface area contributed by atoms with E-state index in [9.17, 15) is 14.4 Å². The second kappa shape index (κ2) is 9.74. The molecule has 0 atom stereocenters. The van der Waals surface area contributed by atoms with Crippen molar-refractivity contribution in [2.24, 2.45) is 0 Å². The number of aromatic nitrogens is 2. The molecule has 0 aliphatic carbocycles. The van der Waals surface area contributed by atoms with E-state index in [-0.39, 0.29) is 41.5 Å². The number of benzene rings is 1. The molecular weight excluding hydrogens is 378 g/mol. The molecule has 1 N–H and O–H groups in total. The molecule has 0 fully saturated rings. The fourth-order valence-electron chi connectivity index (χ4n) is 2.52. The normalized spacial score (nSPS) is 10.5. The van der Waals surface area contributed by atoms with Crippen molar-refractivity contribution in [1.82, 2.24) is 9.55 Å². The van der Waals surface area contributed by atoms with Gasteiger partial charge in [-0.25, -0.2) is 4.98 Å². The highest BCUT2D eigenvalue weighted by molar-refractivity contribution is 5.96. The highest BCUT2D eigenvalue weighted by Gasteiger charge is 2.16. The number of ketones is 1. The lowest BCUT2D eigenvalue weighted by Gasteiger charge is -2.13. The van der Waals surface area contributed by atoms with Crippen molar-refractivity contribution in [2.45, 2.75) is 40.8 Å². The van der Waals surface area contributed by atoms with E-state index in [0.717, 1.165) is 0 Å². The van der Waals surface area contributed by atoms with Gasteiger partial charge in [-0.1, -0.05) is 0 Å². The van der Waals surface area contributed by atoms with E-state index in [4.69, 9.17) is 19.6 Å². The third kappa shape index (κ3) is 6.08. The van der Waals surface area contributed by atoms with E-state index < -0.39 is 11.9 Å². The van der Waals surface area contributed by atoms with Crippen molar-refractivity contribution in [3.05, 3.63) is 46.8 Å². The fourth-order valence-corrected chi connectivity index (χ4v) is 2.52. The molecule has 9 heteroatoms. The monoisotopic (exact) mass is 401 g/mol. The zero-order valence-electron chi connectivity index (χ0n) is 16.8. The van der Waals surface area contributed by atoms with Crippen LogP contribution in [-0.2, 0) is 27.5 Å². The summed E-state index contributed by atoms with van der Waals surface area (Å²) in [5.74, 6) is -0.927. The first-order valence-corrected chi connectivity index (χ1v) is 8.94. The zero-order valence-corrected chi connectivity index (χ0v) is 16.8. The highest BCUT2D eigenvalue weighted by Crippen LogP contribution is 2.29. The molecule has 0 bridgehead atoms. The van der Waals surface area contributed by atoms with Gasteiger partial charge in [-0.05, 0) is 32.0 Å². The summed E-state index contributed by atoms with van der Waals surface area (Å²) < 4.78 is 17.0. The van der Waals surface area contributed by atoms with Gasteiger partial charge in [0.25, 0.3) is 0 Å². The Hall–Kier alpha value is -3.33. The van der Waals surface area contributed by atoms with Crippen LogP contribution < -0.4 is 15.0 Å². The standard InChI is InChI=1S/C20H23N3O6/c1-5-27-11-16-9-23(12(2)22-20(16)21)10-17(26)15-6-7-18(28-13(3)24)19(8-15)29-14(4)25/h6-9,21H,5,10-11H2,1-4H3. The fraction of sp³-hybridized carbons (Fsp3) is 0.350. The predicted molar refractivity (Wildman–Crippen MR) is 102 cm³/mol. The van der Waals surface area contributed by atoms with Gasteiger partial charge in [-0.15, -0.1) is 0 Å². The quantitative estimate of drug-likeness (QED) is 0.408. The number of nitrogens with zero attached hydrogens (tertiary/aromatic N) is 2. The van der Waals surface area contributed by atoms with Crippen LogP contribution in [0.15, 0.2) is 24.4 Å². The van der Waals surface area contributed by atoms with Gasteiger partial charge < -0.3 is 18.8 Å². The van der Waals surface area contributed by atoms with E-state index >= 15 is 0 Å². The van der Waals surface area contributed by atoms with Crippen LogP contribution in [0.5, 0.6) is 11.5 Å². The molecule has 2 rings (SSSR count). The topological polar surface area (TPSA) is 121 Å². The maximum Gasteiger partial charge on any atom is 0.308 e. The van der Waals surface area contributed by atoms with Crippen LogP contribution in [0.2, 0.25) is 0 Å². The Morgan fingerprint density at radius 2 is 1.76 bits per heavy atom. The summed E-state index contributed by atoms with van der Waals surface area (Å²) in [5, 5.41) is 7.93. The van der Waals surface area contributed by atoms with Gasteiger partial charge in [-0.2, -0.15) is 0 Å². The van der Waals surface area contributed by atoms with Crippen LogP contribution >= 0.6 is 0 Å². The number of ether oxygens (including phenoxy) is 3. The lowest BCUT2D eigenvalue weighted by Crippen LogP contribution is -2.23. The maximum absolute atomic E-state index is 12.8. The van der Waals surface area contributed by atoms with Crippen molar-refractivity contribution in [3.63, 3.8) is 0 Å². The molecule has 0 radical (unpaired) electrons. The van der Waals surface area contributed by atoms with Crippen molar-refractivity contribution in [1.29, 1.82) is 5.41 Å². The molecule has 1 aromatic carbocycles. The van der Waals surface area contributed by atoms with Gasteiger partial charge in [0, 0.05) is 37.8 Å². The van der Waals surface area contributed by atoms with E-state index in [1.54, 1.807) is 17.7 Å². The first-order chi connectivity index (χ1) is 13.7. The van der Waals surface area contributed by atoms with Crippen LogP contribution in [0.4, 0.5) is 0 Å². The molecule has 2 aromatic rings. The van der Waals surface area contributed by atoms with Gasteiger partial charge in [0.1, 0.15) is 5.82 Å². The molecule has 154 valence electrons. The van der Waals surface area contributed by atoms with Crippen molar-refractivity contribution in [3.8, 4) is 11.5 Å². The van der Waals surface area contributed by atoms with Crippen LogP contribution in [0.3, 0.4) is 0 Å². The number of Topliss-reactive ketones (excluding diaryl/α,β-unsaturated/α-hetero) is 1. The zero-order chi connectivity index (χ0) is 21.6. The number of rotatable bonds is 8. The first kappa shape index (κ1) is 22.0. The Morgan fingerprint density at radius 3 is 2.38 bits per heavy atom. The average molecular weight is 401 g/mol. The summed E-state index contributed by atoms with van der Waals surface area (Å²) in [6.07, 6.45) is 1.67. The number of hydrogen-bond acceptors (Lipinski definition) is 8. The summed E-state index contributed by atoms with van der Waals surface area (Å²) in [4.78, 5) is 39.5. The molecule has 0 spiro atoms. The number of carbonyl (C=O) groups excluding carboxylic acids is 3. The van der Waals surface area contributed by atoms with Gasteiger partial charge in [0.15, 0.2) is 22.8 Å². The SMILES string of the molecule is CCOCc1cn(CC(=O)c2ccc(OC(C)=O)c(OC(C)=O)c2)c(C)nc1=N. The molecule has 0 saturated carbocycles. The number of carbonyl (C=O) groups is 3. The number of hydrogen-bond donors (Lipinski definition) is 1. The van der Waals surface area contributed by atoms with E-state index in [1.165, 1.54) is 32.0 Å². The molecule has 9 nitrogen and oxygen atoms in total. The summed E-state index contributed by atoms with van der Waals surface area (Å²) >= 11 is 0. The molecular formula is C20H23N3O6. The maximum atomic E-state index is 12.8. The molecule has 0 saturated heterocycles. The molecule has 1 aromatic heterocycles. The number of esters is 2. The molecule has 0 unspecified atom stereocenters. The summed E-state index contributed by atoms with van der Waals surface area (Å²) in [7, 11) is 0. The predicted octanol–water partition coefficient (Wildman–Crippen LogP) is 1.94. The Kier molecular flexibility index (Phi) is 7.38. The number of aryl methyl sites for hydroxylation is 1. The molecule has 0 aliphatic rings. The third-order valence-corrected chi connectivity index (χ3v) is 3.85. The Balaban J connectivity index is 2.31. The lowest BCUT2D eigenvalue weighted by molar-refractivity contribution is -0.134. The molecule has 29 heavy (non-hydrogen) atoms. The van der Waals surface area contributed by atoms with Gasteiger partial charge in [0.2, 0.25) is 0 Å². The van der Waals surface area contributed by atoms with Crippen LogP contribution in [0, 0.1) is 12.3 Å². The van der Waals surface area contributed by atoms with Crippen LogP contribution in [0.1, 0.15) is 42.5 Å². The largest absolute Gasteiger partial charge is 0.423 e. The van der Waals surface area contributed by atoms with E-state index in [1.807, 2.05) is 6.92 Å². The molecule has 1 heterocycles. The Labute approximate surface area is 167 Å². The minimum Gasteiger partial charge on any atom is -0.423 e. The smallest absolute Gasteiger partial charge is 0.308 e. The summed E-state index contributed by atoms with van der Waals surface area (Å²) in [6.45, 7) is 6.67. The summed E-state index contributed by atoms with van der Waals surface area (Å²) in [6, 6.07) is 4.23. The van der Waals surface area contributed by atoms with E-state index in [0.29, 0.717) is 18.0 Å². The van der Waals surface area contributed by atoms with Crippen LogP contribution in [0.25, 0.3) is 0 Å². The van der Waals surface area contributed by atoms with Crippen molar-refractivity contribution >= 4 is 17.7 Å². The Morgan fingerprint density at radius 1 is 1.10 bits per heavy atom. The minimum atomic E-state index is -0.607.